The Labute approximate surface area is 116 Å². The number of nitrogens with two attached hydrogens (primary N) is 1. The zero-order chi connectivity index (χ0) is 15.1. The van der Waals surface area contributed by atoms with Crippen molar-refractivity contribution >= 4 is 17.2 Å². The van der Waals surface area contributed by atoms with Crippen LogP contribution in [0.5, 0.6) is 0 Å². The first-order chi connectivity index (χ1) is 9.54. The number of anilines is 1. The summed E-state index contributed by atoms with van der Waals surface area (Å²) in [5.41, 5.74) is 6.47. The second-order valence-corrected chi connectivity index (χ2v) is 4.02. The average molecular weight is 282 g/mol. The van der Waals surface area contributed by atoms with E-state index in [1.54, 1.807) is 13.2 Å². The third-order valence-electron chi connectivity index (χ3n) is 2.86. The molecule has 0 unspecified atom stereocenters. The number of methoxy groups -OCH3 is 1. The van der Waals surface area contributed by atoms with Crippen molar-refractivity contribution < 1.29 is 14.9 Å². The molecule has 0 aromatic heterocycles. The van der Waals surface area contributed by atoms with Gasteiger partial charge in [0.25, 0.3) is 5.69 Å². The molecule has 1 aromatic rings. The SMILES string of the molecule is CCN(CCOC)c1ccc([N+](=O)[O-])cc1C(N)=NO. The Morgan fingerprint density at radius 3 is 2.80 bits per heavy atom. The van der Waals surface area contributed by atoms with Gasteiger partial charge in [-0.05, 0) is 13.0 Å². The molecule has 3 N–H and O–H groups in total. The molecule has 0 saturated carbocycles. The highest BCUT2D eigenvalue weighted by Crippen LogP contribution is 2.25. The van der Waals surface area contributed by atoms with Crippen LogP contribution in [-0.4, -0.2) is 42.8 Å². The highest BCUT2D eigenvalue weighted by Gasteiger charge is 2.17. The lowest BCUT2D eigenvalue weighted by molar-refractivity contribution is -0.384. The summed E-state index contributed by atoms with van der Waals surface area (Å²) in [5.74, 6) is -0.167. The Hall–Kier alpha value is -2.35. The van der Waals surface area contributed by atoms with Crippen molar-refractivity contribution in [2.45, 2.75) is 6.92 Å². The van der Waals surface area contributed by atoms with E-state index in [9.17, 15) is 10.1 Å². The van der Waals surface area contributed by atoms with Crippen molar-refractivity contribution in [1.82, 2.24) is 0 Å². The maximum Gasteiger partial charge on any atom is 0.270 e. The molecule has 0 aliphatic carbocycles. The summed E-state index contributed by atoms with van der Waals surface area (Å²) in [6.45, 7) is 3.69. The molecule has 0 saturated heterocycles. The minimum atomic E-state index is -0.524. The van der Waals surface area contributed by atoms with Gasteiger partial charge < -0.3 is 20.6 Å². The number of hydrogen-bond donors (Lipinski definition) is 2. The molecule has 0 fully saturated rings. The lowest BCUT2D eigenvalue weighted by Crippen LogP contribution is -2.29. The van der Waals surface area contributed by atoms with Crippen LogP contribution in [0.15, 0.2) is 23.4 Å². The minimum absolute atomic E-state index is 0.113. The lowest BCUT2D eigenvalue weighted by atomic mass is 10.1. The average Bonchev–Trinajstić information content (AvgIpc) is 2.47. The Kier molecular flexibility index (Phi) is 5.73. The molecule has 0 spiro atoms. The number of non-ortho nitro benzene ring substituents is 1. The van der Waals surface area contributed by atoms with Gasteiger partial charge in [-0.25, -0.2) is 0 Å². The molecular weight excluding hydrogens is 264 g/mol. The largest absolute Gasteiger partial charge is 0.409 e. The molecule has 0 aliphatic rings. The van der Waals surface area contributed by atoms with Gasteiger partial charge in [-0.15, -0.1) is 0 Å². The third-order valence-corrected chi connectivity index (χ3v) is 2.86. The zero-order valence-corrected chi connectivity index (χ0v) is 11.4. The van der Waals surface area contributed by atoms with E-state index in [1.165, 1.54) is 12.1 Å². The third kappa shape index (κ3) is 3.58. The quantitative estimate of drug-likeness (QED) is 0.255. The molecule has 8 nitrogen and oxygen atoms in total. The van der Waals surface area contributed by atoms with Crippen LogP contribution in [0.3, 0.4) is 0 Å². The number of nitro groups is 1. The van der Waals surface area contributed by atoms with E-state index in [4.69, 9.17) is 15.7 Å². The van der Waals surface area contributed by atoms with E-state index in [0.717, 1.165) is 0 Å². The predicted octanol–water partition coefficient (Wildman–Crippen LogP) is 1.16. The van der Waals surface area contributed by atoms with Crippen molar-refractivity contribution in [3.05, 3.63) is 33.9 Å². The minimum Gasteiger partial charge on any atom is -0.409 e. The first kappa shape index (κ1) is 15.7. The van der Waals surface area contributed by atoms with Crippen LogP contribution in [0.25, 0.3) is 0 Å². The van der Waals surface area contributed by atoms with Crippen molar-refractivity contribution in [3.63, 3.8) is 0 Å². The highest BCUT2D eigenvalue weighted by atomic mass is 16.6. The van der Waals surface area contributed by atoms with Gasteiger partial charge in [0, 0.05) is 38.0 Å². The molecule has 8 heteroatoms. The lowest BCUT2D eigenvalue weighted by Gasteiger charge is -2.24. The smallest absolute Gasteiger partial charge is 0.270 e. The molecule has 0 radical (unpaired) electrons. The van der Waals surface area contributed by atoms with Gasteiger partial charge in [-0.2, -0.15) is 0 Å². The summed E-state index contributed by atoms with van der Waals surface area (Å²) < 4.78 is 5.02. The Morgan fingerprint density at radius 1 is 1.60 bits per heavy atom. The van der Waals surface area contributed by atoms with E-state index in [0.29, 0.717) is 30.9 Å². The monoisotopic (exact) mass is 282 g/mol. The number of hydrogen-bond acceptors (Lipinski definition) is 6. The van der Waals surface area contributed by atoms with Gasteiger partial charge >= 0.3 is 0 Å². The van der Waals surface area contributed by atoms with Crippen LogP contribution in [-0.2, 0) is 4.74 Å². The summed E-state index contributed by atoms with van der Waals surface area (Å²) in [6, 6.07) is 4.27. The molecule has 20 heavy (non-hydrogen) atoms. The van der Waals surface area contributed by atoms with Gasteiger partial charge in [0.2, 0.25) is 0 Å². The number of oxime groups is 1. The second kappa shape index (κ2) is 7.29. The summed E-state index contributed by atoms with van der Waals surface area (Å²) in [5, 5.41) is 22.6. The number of rotatable bonds is 7. The summed E-state index contributed by atoms with van der Waals surface area (Å²) in [6.07, 6.45) is 0. The maximum absolute atomic E-state index is 10.8. The summed E-state index contributed by atoms with van der Waals surface area (Å²) in [7, 11) is 1.59. The zero-order valence-electron chi connectivity index (χ0n) is 11.4. The number of nitro benzene ring substituents is 1. The number of nitrogens with zero attached hydrogens (tertiary/aromatic N) is 3. The summed E-state index contributed by atoms with van der Waals surface area (Å²) in [4.78, 5) is 12.2. The molecule has 110 valence electrons. The number of benzene rings is 1. The van der Waals surface area contributed by atoms with E-state index in [2.05, 4.69) is 5.16 Å². The van der Waals surface area contributed by atoms with Gasteiger partial charge in [-0.1, -0.05) is 5.16 Å². The summed E-state index contributed by atoms with van der Waals surface area (Å²) >= 11 is 0. The van der Waals surface area contributed by atoms with Crippen LogP contribution in [0.2, 0.25) is 0 Å². The normalized spacial score (nSPS) is 11.4. The first-order valence-electron chi connectivity index (χ1n) is 6.05. The molecular formula is C12H18N4O4. The fraction of sp³-hybridized carbons (Fsp3) is 0.417. The standard InChI is InChI=1S/C12H18N4O4/c1-3-15(6-7-20-2)11-5-4-9(16(18)19)8-10(11)12(13)14-17/h4-5,8,17H,3,6-7H2,1-2H3,(H2,13,14). The van der Waals surface area contributed by atoms with Crippen molar-refractivity contribution in [1.29, 1.82) is 0 Å². The Balaban J connectivity index is 3.26. The highest BCUT2D eigenvalue weighted by molar-refractivity contribution is 6.02. The van der Waals surface area contributed by atoms with Gasteiger partial charge in [0.15, 0.2) is 5.84 Å². The fourth-order valence-electron chi connectivity index (χ4n) is 1.82. The van der Waals surface area contributed by atoms with Gasteiger partial charge in [-0.3, -0.25) is 10.1 Å². The van der Waals surface area contributed by atoms with Crippen LogP contribution in [0.4, 0.5) is 11.4 Å². The maximum atomic E-state index is 10.8. The molecule has 0 amide bonds. The van der Waals surface area contributed by atoms with Crippen molar-refractivity contribution in [3.8, 4) is 0 Å². The van der Waals surface area contributed by atoms with E-state index < -0.39 is 4.92 Å². The Morgan fingerprint density at radius 2 is 2.30 bits per heavy atom. The topological polar surface area (TPSA) is 114 Å². The van der Waals surface area contributed by atoms with Gasteiger partial charge in [0.1, 0.15) is 0 Å². The van der Waals surface area contributed by atoms with Crippen molar-refractivity contribution in [2.24, 2.45) is 10.9 Å². The number of amidine groups is 1. The predicted molar refractivity (Wildman–Crippen MR) is 75.4 cm³/mol. The number of likely N-dealkylation sites (N-methyl/N-ethyl adjacent to an activating group) is 1. The molecule has 0 aliphatic heterocycles. The number of ether oxygens (including phenoxy) is 1. The van der Waals surface area contributed by atoms with Crippen LogP contribution >= 0.6 is 0 Å². The first-order valence-corrected chi connectivity index (χ1v) is 6.05. The van der Waals surface area contributed by atoms with E-state index >= 15 is 0 Å². The molecule has 0 atom stereocenters. The fourth-order valence-corrected chi connectivity index (χ4v) is 1.82. The van der Waals surface area contributed by atoms with E-state index in [1.807, 2.05) is 11.8 Å². The van der Waals surface area contributed by atoms with Crippen molar-refractivity contribution in [2.75, 3.05) is 31.7 Å². The molecule has 1 aromatic carbocycles. The van der Waals surface area contributed by atoms with Crippen LogP contribution in [0, 0.1) is 10.1 Å². The van der Waals surface area contributed by atoms with E-state index in [-0.39, 0.29) is 11.5 Å². The Bertz CT molecular complexity index is 504. The van der Waals surface area contributed by atoms with Crippen LogP contribution < -0.4 is 10.6 Å². The molecule has 0 bridgehead atoms. The molecule has 1 rings (SSSR count). The van der Waals surface area contributed by atoms with Crippen LogP contribution in [0.1, 0.15) is 12.5 Å². The second-order valence-electron chi connectivity index (χ2n) is 4.02. The molecule has 0 heterocycles. The van der Waals surface area contributed by atoms with Gasteiger partial charge in [0.05, 0.1) is 17.1 Å².